The van der Waals surface area contributed by atoms with Crippen LogP contribution in [0.3, 0.4) is 0 Å². The minimum atomic E-state index is -0.622. The predicted octanol–water partition coefficient (Wildman–Crippen LogP) is 0.154. The van der Waals surface area contributed by atoms with Crippen LogP contribution in [-0.2, 0) is 11.3 Å². The van der Waals surface area contributed by atoms with E-state index in [9.17, 15) is 14.9 Å². The molecule has 0 atom stereocenters. The Bertz CT molecular complexity index is 338. The zero-order valence-corrected chi connectivity index (χ0v) is 5.85. The molecule has 1 aromatic rings. The van der Waals surface area contributed by atoms with E-state index in [0.717, 1.165) is 0 Å². The van der Waals surface area contributed by atoms with Gasteiger partial charge in [0, 0.05) is 0 Å². The minimum absolute atomic E-state index is 0.0731. The molecule has 1 N–H and O–H groups in total. The van der Waals surface area contributed by atoms with E-state index in [4.69, 9.17) is 0 Å². The third-order valence-electron chi connectivity index (χ3n) is 1.19. The molecule has 1 heterocycles. The smallest absolute Gasteiger partial charge is 0.347 e. The van der Waals surface area contributed by atoms with Crippen LogP contribution in [-0.4, -0.2) is 21.2 Å². The van der Waals surface area contributed by atoms with Crippen LogP contribution >= 0.6 is 0 Å². The molecule has 0 saturated carbocycles. The summed E-state index contributed by atoms with van der Waals surface area (Å²) in [5.74, 6) is -0.242. The summed E-state index contributed by atoms with van der Waals surface area (Å²) in [6.07, 6.45) is 2.53. The number of hydrogen-bond acceptors (Lipinski definition) is 5. The van der Waals surface area contributed by atoms with Crippen LogP contribution < -0.4 is 0 Å². The van der Waals surface area contributed by atoms with E-state index in [1.165, 1.54) is 12.3 Å². The summed E-state index contributed by atoms with van der Waals surface area (Å²) in [7, 11) is 0. The van der Waals surface area contributed by atoms with Crippen LogP contribution in [0.2, 0.25) is 0 Å². The SMILES string of the molecule is O=C=NCc1cn[nH]c1[N+](=O)[O-]. The molecule has 7 nitrogen and oxygen atoms in total. The molecule has 1 aromatic heterocycles. The summed E-state index contributed by atoms with van der Waals surface area (Å²) >= 11 is 0. The van der Waals surface area contributed by atoms with Crippen LogP contribution in [0, 0.1) is 10.1 Å². The Kier molecular flexibility index (Phi) is 2.29. The number of hydrogen-bond donors (Lipinski definition) is 1. The van der Waals surface area contributed by atoms with E-state index in [1.54, 1.807) is 0 Å². The predicted molar refractivity (Wildman–Crippen MR) is 37.1 cm³/mol. The molecular weight excluding hydrogens is 164 g/mol. The Labute approximate surface area is 66.3 Å². The van der Waals surface area contributed by atoms with E-state index in [-0.39, 0.29) is 17.9 Å². The van der Waals surface area contributed by atoms with Crippen molar-refractivity contribution < 1.29 is 9.72 Å². The summed E-state index contributed by atoms with van der Waals surface area (Å²) < 4.78 is 0. The monoisotopic (exact) mass is 168 g/mol. The van der Waals surface area contributed by atoms with Crippen LogP contribution in [0.15, 0.2) is 11.2 Å². The summed E-state index contributed by atoms with van der Waals surface area (Å²) in [5.41, 5.74) is 0.267. The number of aromatic nitrogens is 2. The van der Waals surface area contributed by atoms with Crippen molar-refractivity contribution in [3.63, 3.8) is 0 Å². The van der Waals surface area contributed by atoms with Gasteiger partial charge in [-0.25, -0.2) is 9.79 Å². The molecule has 0 unspecified atom stereocenters. The maximum Gasteiger partial charge on any atom is 0.347 e. The van der Waals surface area contributed by atoms with E-state index in [2.05, 4.69) is 15.2 Å². The maximum atomic E-state index is 10.2. The first kappa shape index (κ1) is 8.09. The molecule has 0 amide bonds. The van der Waals surface area contributed by atoms with Gasteiger partial charge in [-0.05, 0) is 4.92 Å². The summed E-state index contributed by atoms with van der Waals surface area (Å²) in [5, 5.41) is 15.9. The lowest BCUT2D eigenvalue weighted by Crippen LogP contribution is -1.92. The first-order valence-corrected chi connectivity index (χ1v) is 2.96. The third-order valence-corrected chi connectivity index (χ3v) is 1.19. The van der Waals surface area contributed by atoms with Crippen molar-refractivity contribution in [3.8, 4) is 0 Å². The molecule has 62 valence electrons. The molecule has 1 rings (SSSR count). The Morgan fingerprint density at radius 3 is 3.17 bits per heavy atom. The average molecular weight is 168 g/mol. The Hall–Kier alpha value is -2.01. The topological polar surface area (TPSA) is 101 Å². The highest BCUT2D eigenvalue weighted by atomic mass is 16.6. The Morgan fingerprint density at radius 1 is 1.83 bits per heavy atom. The number of aromatic amines is 1. The molecule has 0 aliphatic heterocycles. The first-order valence-electron chi connectivity index (χ1n) is 2.96. The molecule has 0 spiro atoms. The fourth-order valence-electron chi connectivity index (χ4n) is 0.696. The highest BCUT2D eigenvalue weighted by molar-refractivity contribution is 5.36. The van der Waals surface area contributed by atoms with Crippen LogP contribution in [0.4, 0.5) is 5.82 Å². The second-order valence-corrected chi connectivity index (χ2v) is 1.91. The van der Waals surface area contributed by atoms with E-state index >= 15 is 0 Å². The number of isocyanates is 1. The molecule has 0 fully saturated rings. The Morgan fingerprint density at radius 2 is 2.58 bits per heavy atom. The van der Waals surface area contributed by atoms with Crippen molar-refractivity contribution in [1.82, 2.24) is 10.2 Å². The highest BCUT2D eigenvalue weighted by Gasteiger charge is 2.13. The highest BCUT2D eigenvalue weighted by Crippen LogP contribution is 2.13. The van der Waals surface area contributed by atoms with Crippen molar-refractivity contribution in [3.05, 3.63) is 21.9 Å². The van der Waals surface area contributed by atoms with E-state index < -0.39 is 4.92 Å². The fraction of sp³-hybridized carbons (Fsp3) is 0.200. The van der Waals surface area contributed by atoms with Gasteiger partial charge in [-0.15, -0.1) is 5.10 Å². The van der Waals surface area contributed by atoms with Gasteiger partial charge in [0.15, 0.2) is 0 Å². The summed E-state index contributed by atoms with van der Waals surface area (Å²) in [6.45, 7) is -0.0731. The van der Waals surface area contributed by atoms with Gasteiger partial charge in [0.2, 0.25) is 6.08 Å². The molecule has 0 aliphatic carbocycles. The lowest BCUT2D eigenvalue weighted by Gasteiger charge is -1.90. The zero-order valence-electron chi connectivity index (χ0n) is 5.85. The second kappa shape index (κ2) is 3.40. The number of nitrogens with zero attached hydrogens (tertiary/aromatic N) is 3. The molecular formula is C5H4N4O3. The van der Waals surface area contributed by atoms with Gasteiger partial charge in [-0.3, -0.25) is 0 Å². The average Bonchev–Trinajstić information content (AvgIpc) is 2.48. The van der Waals surface area contributed by atoms with Gasteiger partial charge in [0.05, 0.1) is 18.3 Å². The molecule has 12 heavy (non-hydrogen) atoms. The van der Waals surface area contributed by atoms with Crippen LogP contribution in [0.5, 0.6) is 0 Å². The van der Waals surface area contributed by atoms with Crippen molar-refractivity contribution in [2.75, 3.05) is 0 Å². The van der Waals surface area contributed by atoms with Crippen molar-refractivity contribution >= 4 is 11.9 Å². The Balaban J connectivity index is 2.91. The maximum absolute atomic E-state index is 10.2. The molecule has 0 aromatic carbocycles. The van der Waals surface area contributed by atoms with Crippen molar-refractivity contribution in [2.24, 2.45) is 4.99 Å². The summed E-state index contributed by atoms with van der Waals surface area (Å²) in [6, 6.07) is 0. The van der Waals surface area contributed by atoms with Crippen LogP contribution in [0.1, 0.15) is 5.56 Å². The zero-order chi connectivity index (χ0) is 8.97. The van der Waals surface area contributed by atoms with Gasteiger partial charge in [-0.2, -0.15) is 0 Å². The molecule has 0 saturated heterocycles. The van der Waals surface area contributed by atoms with Crippen LogP contribution in [0.25, 0.3) is 0 Å². The van der Waals surface area contributed by atoms with Gasteiger partial charge >= 0.3 is 5.82 Å². The number of nitrogens with one attached hydrogen (secondary N) is 1. The van der Waals surface area contributed by atoms with E-state index in [1.807, 2.05) is 0 Å². The van der Waals surface area contributed by atoms with Gasteiger partial charge in [-0.1, -0.05) is 5.10 Å². The molecule has 0 bridgehead atoms. The van der Waals surface area contributed by atoms with E-state index in [0.29, 0.717) is 0 Å². The quantitative estimate of drug-likeness (QED) is 0.300. The van der Waals surface area contributed by atoms with Gasteiger partial charge < -0.3 is 10.1 Å². The first-order chi connectivity index (χ1) is 5.75. The second-order valence-electron chi connectivity index (χ2n) is 1.91. The standard InChI is InChI=1S/C5H4N4O3/c10-3-6-1-4-2-7-8-5(4)9(11)12/h2H,1H2,(H,7,8). The number of nitro groups is 1. The number of carbonyl (C=O) groups excluding carboxylic acids is 1. The van der Waals surface area contributed by atoms with Gasteiger partial charge in [0.25, 0.3) is 0 Å². The number of H-pyrrole nitrogens is 1. The normalized spacial score (nSPS) is 9.00. The summed E-state index contributed by atoms with van der Waals surface area (Å²) in [4.78, 5) is 22.5. The van der Waals surface area contributed by atoms with Gasteiger partial charge in [0.1, 0.15) is 0 Å². The molecule has 0 radical (unpaired) electrons. The lowest BCUT2D eigenvalue weighted by molar-refractivity contribution is -0.390. The van der Waals surface area contributed by atoms with Crippen molar-refractivity contribution in [2.45, 2.75) is 6.54 Å². The largest absolute Gasteiger partial charge is 0.358 e. The number of aliphatic imine (C=N–C) groups is 1. The third kappa shape index (κ3) is 1.53. The molecule has 0 aliphatic rings. The fourth-order valence-corrected chi connectivity index (χ4v) is 0.696. The molecule has 7 heteroatoms. The van der Waals surface area contributed by atoms with Crippen molar-refractivity contribution in [1.29, 1.82) is 0 Å². The minimum Gasteiger partial charge on any atom is -0.358 e. The lowest BCUT2D eigenvalue weighted by atomic mass is 10.3. The number of rotatable bonds is 3.